The summed E-state index contributed by atoms with van der Waals surface area (Å²) in [5, 5.41) is 0. The third-order valence-corrected chi connectivity index (χ3v) is 1.97. The second-order valence-electron chi connectivity index (χ2n) is 2.89. The Morgan fingerprint density at radius 2 is 2.00 bits per heavy atom. The Kier molecular flexibility index (Phi) is 3.85. The van der Waals surface area contributed by atoms with Gasteiger partial charge in [-0.3, -0.25) is 0 Å². The molecule has 78 valence electrons. The molecule has 0 fully saturated rings. The van der Waals surface area contributed by atoms with Gasteiger partial charge in [-0.25, -0.2) is 4.39 Å². The first-order chi connectivity index (χ1) is 6.72. The summed E-state index contributed by atoms with van der Waals surface area (Å²) >= 11 is 0. The summed E-state index contributed by atoms with van der Waals surface area (Å²) in [4.78, 5) is 0. The standard InChI is InChI=1S/C10H14FNO2/c1-13-6-8-3-7(5-12)9(11)4-10(8)14-2/h3-4H,5-6,12H2,1-2H3. The molecule has 0 unspecified atom stereocenters. The van der Waals surface area contributed by atoms with E-state index in [1.165, 1.54) is 13.2 Å². The number of hydrogen-bond acceptors (Lipinski definition) is 3. The largest absolute Gasteiger partial charge is 0.496 e. The van der Waals surface area contributed by atoms with E-state index in [9.17, 15) is 4.39 Å². The topological polar surface area (TPSA) is 44.5 Å². The van der Waals surface area contributed by atoms with Gasteiger partial charge in [0.05, 0.1) is 13.7 Å². The molecule has 14 heavy (non-hydrogen) atoms. The molecule has 1 aromatic rings. The van der Waals surface area contributed by atoms with Crippen molar-refractivity contribution >= 4 is 0 Å². The maximum absolute atomic E-state index is 13.3. The van der Waals surface area contributed by atoms with Crippen LogP contribution in [0.5, 0.6) is 5.75 Å². The highest BCUT2D eigenvalue weighted by atomic mass is 19.1. The van der Waals surface area contributed by atoms with Crippen LogP contribution in [0.15, 0.2) is 12.1 Å². The Morgan fingerprint density at radius 1 is 1.29 bits per heavy atom. The molecule has 3 nitrogen and oxygen atoms in total. The summed E-state index contributed by atoms with van der Waals surface area (Å²) in [5.74, 6) is 0.144. The number of methoxy groups -OCH3 is 2. The van der Waals surface area contributed by atoms with E-state index < -0.39 is 0 Å². The van der Waals surface area contributed by atoms with Crippen LogP contribution in [0.25, 0.3) is 0 Å². The molecule has 0 bridgehead atoms. The Hall–Kier alpha value is -1.13. The molecule has 0 radical (unpaired) electrons. The van der Waals surface area contributed by atoms with Gasteiger partial charge < -0.3 is 15.2 Å². The Morgan fingerprint density at radius 3 is 2.50 bits per heavy atom. The minimum atomic E-state index is -0.343. The molecule has 0 aliphatic heterocycles. The number of hydrogen-bond donors (Lipinski definition) is 1. The van der Waals surface area contributed by atoms with Crippen LogP contribution in [0, 0.1) is 5.82 Å². The summed E-state index contributed by atoms with van der Waals surface area (Å²) in [7, 11) is 3.07. The van der Waals surface area contributed by atoms with Crippen LogP contribution in [0.1, 0.15) is 11.1 Å². The first kappa shape index (κ1) is 10.9. The van der Waals surface area contributed by atoms with Gasteiger partial charge in [-0.15, -0.1) is 0 Å². The van der Waals surface area contributed by atoms with E-state index in [0.29, 0.717) is 17.9 Å². The normalized spacial score (nSPS) is 10.3. The zero-order valence-corrected chi connectivity index (χ0v) is 8.34. The van der Waals surface area contributed by atoms with Gasteiger partial charge >= 0.3 is 0 Å². The number of rotatable bonds is 4. The van der Waals surface area contributed by atoms with Crippen molar-refractivity contribution in [1.29, 1.82) is 0 Å². The van der Waals surface area contributed by atoms with E-state index in [1.54, 1.807) is 13.2 Å². The van der Waals surface area contributed by atoms with Crippen molar-refractivity contribution < 1.29 is 13.9 Å². The summed E-state index contributed by atoms with van der Waals surface area (Å²) in [5.41, 5.74) is 6.66. The molecule has 0 heterocycles. The van der Waals surface area contributed by atoms with Gasteiger partial charge in [0.25, 0.3) is 0 Å². The first-order valence-electron chi connectivity index (χ1n) is 4.27. The fourth-order valence-corrected chi connectivity index (χ4v) is 1.27. The van der Waals surface area contributed by atoms with Crippen molar-refractivity contribution in [3.8, 4) is 5.75 Å². The molecule has 0 atom stereocenters. The zero-order valence-electron chi connectivity index (χ0n) is 8.34. The lowest BCUT2D eigenvalue weighted by molar-refractivity contribution is 0.181. The minimum Gasteiger partial charge on any atom is -0.496 e. The van der Waals surface area contributed by atoms with Gasteiger partial charge in [0.15, 0.2) is 0 Å². The molecular weight excluding hydrogens is 185 g/mol. The number of nitrogens with two attached hydrogens (primary N) is 1. The van der Waals surface area contributed by atoms with Crippen LogP contribution in [-0.4, -0.2) is 14.2 Å². The highest BCUT2D eigenvalue weighted by molar-refractivity contribution is 5.37. The maximum atomic E-state index is 13.3. The van der Waals surface area contributed by atoms with Gasteiger partial charge in [0, 0.05) is 30.8 Å². The highest BCUT2D eigenvalue weighted by Crippen LogP contribution is 2.23. The molecule has 2 N–H and O–H groups in total. The van der Waals surface area contributed by atoms with E-state index in [-0.39, 0.29) is 12.4 Å². The first-order valence-corrected chi connectivity index (χ1v) is 4.27. The highest BCUT2D eigenvalue weighted by Gasteiger charge is 2.08. The maximum Gasteiger partial charge on any atom is 0.131 e. The van der Waals surface area contributed by atoms with Gasteiger partial charge in [-0.05, 0) is 6.07 Å². The second-order valence-corrected chi connectivity index (χ2v) is 2.89. The smallest absolute Gasteiger partial charge is 0.131 e. The van der Waals surface area contributed by atoms with Crippen LogP contribution in [-0.2, 0) is 17.9 Å². The van der Waals surface area contributed by atoms with E-state index in [1.807, 2.05) is 0 Å². The van der Waals surface area contributed by atoms with E-state index in [2.05, 4.69) is 0 Å². The average molecular weight is 199 g/mol. The number of halogens is 1. The molecule has 1 aromatic carbocycles. The monoisotopic (exact) mass is 199 g/mol. The van der Waals surface area contributed by atoms with Gasteiger partial charge in [-0.2, -0.15) is 0 Å². The third-order valence-electron chi connectivity index (χ3n) is 1.97. The molecule has 0 spiro atoms. The van der Waals surface area contributed by atoms with Gasteiger partial charge in [0.2, 0.25) is 0 Å². The summed E-state index contributed by atoms with van der Waals surface area (Å²) in [6.07, 6.45) is 0. The summed E-state index contributed by atoms with van der Waals surface area (Å²) < 4.78 is 23.2. The fourth-order valence-electron chi connectivity index (χ4n) is 1.27. The molecule has 1 rings (SSSR count). The van der Waals surface area contributed by atoms with E-state index in [0.717, 1.165) is 5.56 Å². The second kappa shape index (κ2) is 4.93. The van der Waals surface area contributed by atoms with Crippen LogP contribution in [0.2, 0.25) is 0 Å². The summed E-state index contributed by atoms with van der Waals surface area (Å²) in [6.45, 7) is 0.559. The zero-order chi connectivity index (χ0) is 10.6. The molecular formula is C10H14FNO2. The molecule has 4 heteroatoms. The molecule has 0 aromatic heterocycles. The van der Waals surface area contributed by atoms with Crippen LogP contribution in [0.3, 0.4) is 0 Å². The molecule has 0 saturated heterocycles. The van der Waals surface area contributed by atoms with Crippen molar-refractivity contribution in [3.63, 3.8) is 0 Å². The predicted molar refractivity (Wildman–Crippen MR) is 51.6 cm³/mol. The number of ether oxygens (including phenoxy) is 2. The Bertz CT molecular complexity index is 315. The fraction of sp³-hybridized carbons (Fsp3) is 0.400. The lowest BCUT2D eigenvalue weighted by Gasteiger charge is -2.10. The van der Waals surface area contributed by atoms with Gasteiger partial charge in [0.1, 0.15) is 11.6 Å². The SMILES string of the molecule is COCc1cc(CN)c(F)cc1OC. The van der Waals surface area contributed by atoms with Gasteiger partial charge in [-0.1, -0.05) is 0 Å². The lowest BCUT2D eigenvalue weighted by Crippen LogP contribution is -2.03. The Balaban J connectivity index is 3.11. The molecule has 0 saturated carbocycles. The quantitative estimate of drug-likeness (QED) is 0.798. The summed E-state index contributed by atoms with van der Waals surface area (Å²) in [6, 6.07) is 2.99. The van der Waals surface area contributed by atoms with Crippen molar-refractivity contribution in [1.82, 2.24) is 0 Å². The molecule has 0 aliphatic rings. The molecule has 0 amide bonds. The van der Waals surface area contributed by atoms with Crippen molar-refractivity contribution in [2.75, 3.05) is 14.2 Å². The van der Waals surface area contributed by atoms with Crippen LogP contribution < -0.4 is 10.5 Å². The Labute approximate surface area is 82.6 Å². The van der Waals surface area contributed by atoms with Crippen molar-refractivity contribution in [2.45, 2.75) is 13.2 Å². The minimum absolute atomic E-state index is 0.173. The van der Waals surface area contributed by atoms with Crippen LogP contribution >= 0.6 is 0 Å². The van der Waals surface area contributed by atoms with E-state index >= 15 is 0 Å². The van der Waals surface area contributed by atoms with Crippen molar-refractivity contribution in [3.05, 3.63) is 29.1 Å². The number of benzene rings is 1. The lowest BCUT2D eigenvalue weighted by atomic mass is 10.1. The third kappa shape index (κ3) is 2.21. The van der Waals surface area contributed by atoms with Crippen LogP contribution in [0.4, 0.5) is 4.39 Å². The van der Waals surface area contributed by atoms with Crippen molar-refractivity contribution in [2.24, 2.45) is 5.73 Å². The average Bonchev–Trinajstić information content (AvgIpc) is 2.20. The molecule has 0 aliphatic carbocycles. The van der Waals surface area contributed by atoms with E-state index in [4.69, 9.17) is 15.2 Å². The predicted octanol–water partition coefficient (Wildman–Crippen LogP) is 1.44.